The average Bonchev–Trinajstić information content (AvgIpc) is 3.20. The van der Waals surface area contributed by atoms with E-state index in [1.54, 1.807) is 18.2 Å². The summed E-state index contributed by atoms with van der Waals surface area (Å²) in [6.07, 6.45) is -6.53. The van der Waals surface area contributed by atoms with Gasteiger partial charge in [-0.3, -0.25) is 0 Å². The Labute approximate surface area is 208 Å². The summed E-state index contributed by atoms with van der Waals surface area (Å²) in [6, 6.07) is 10.6. The minimum atomic E-state index is -7.37. The lowest BCUT2D eigenvalue weighted by molar-refractivity contribution is -0.382. The molecule has 2 unspecified atom stereocenters. The summed E-state index contributed by atoms with van der Waals surface area (Å²) in [7, 11) is -10.5. The molecule has 0 aromatic heterocycles. The Kier molecular flexibility index (Phi) is 8.16. The summed E-state index contributed by atoms with van der Waals surface area (Å²) in [6.45, 7) is 2.07. The van der Waals surface area contributed by atoms with E-state index < -0.39 is 49.8 Å². The van der Waals surface area contributed by atoms with E-state index >= 15 is 0 Å². The highest BCUT2D eigenvalue weighted by Crippen LogP contribution is 2.66. The van der Waals surface area contributed by atoms with E-state index in [1.165, 1.54) is 24.3 Å². The number of halogens is 9. The molecule has 0 radical (unpaired) electrons. The van der Waals surface area contributed by atoms with E-state index in [1.807, 2.05) is 6.92 Å². The van der Waals surface area contributed by atoms with Gasteiger partial charge in [0.2, 0.25) is 0 Å². The van der Waals surface area contributed by atoms with Gasteiger partial charge in [-0.15, -0.1) is 0 Å². The predicted octanol–water partition coefficient (Wildman–Crippen LogP) is 7.28. The highest BCUT2D eigenvalue weighted by Gasteiger charge is 2.86. The maximum atomic E-state index is 14.5. The van der Waals surface area contributed by atoms with Crippen molar-refractivity contribution in [2.24, 2.45) is 0 Å². The Hall–Kier alpha value is -1.71. The van der Waals surface area contributed by atoms with Crippen molar-refractivity contribution >= 4 is 31.2 Å². The fraction of sp³-hybridized carbons (Fsp3) is 0.545. The molecule has 2 aromatic carbocycles. The number of rotatable bonds is 10. The predicted molar refractivity (Wildman–Crippen MR) is 120 cm³/mol. The van der Waals surface area contributed by atoms with Crippen LogP contribution in [-0.4, -0.2) is 55.9 Å². The standard InChI is InChI=1S/C22H23F9O4S2/c1-2-3-12-34-16-11-13-36(14-16,18-10-6-8-15-7-4-5-9-17(15)18)35-37(32,33)22(30,31)20(25,26)19(23,24)21(27,28)29/h4-10,16H,2-3,11-14H2,1H3. The van der Waals surface area contributed by atoms with Crippen LogP contribution in [0.5, 0.6) is 0 Å². The van der Waals surface area contributed by atoms with Crippen molar-refractivity contribution < 1.29 is 56.3 Å². The van der Waals surface area contributed by atoms with Crippen LogP contribution in [-0.2, 0) is 18.5 Å². The van der Waals surface area contributed by atoms with E-state index in [0.717, 1.165) is 6.42 Å². The molecule has 1 heterocycles. The van der Waals surface area contributed by atoms with Gasteiger partial charge in [-0.2, -0.15) is 47.9 Å². The summed E-state index contributed by atoms with van der Waals surface area (Å²) in [4.78, 5) is 0.0393. The van der Waals surface area contributed by atoms with E-state index in [0.29, 0.717) is 17.2 Å². The first-order chi connectivity index (χ1) is 16.9. The number of alkyl halides is 9. The second-order valence-corrected chi connectivity index (χ2v) is 13.3. The summed E-state index contributed by atoms with van der Waals surface area (Å²) in [5.41, 5.74) is 0. The molecule has 4 nitrogen and oxygen atoms in total. The van der Waals surface area contributed by atoms with Crippen LogP contribution < -0.4 is 0 Å². The molecule has 0 aliphatic carbocycles. The molecule has 210 valence electrons. The zero-order valence-electron chi connectivity index (χ0n) is 19.2. The van der Waals surface area contributed by atoms with Gasteiger partial charge in [0.25, 0.3) is 0 Å². The van der Waals surface area contributed by atoms with Gasteiger partial charge in [-0.25, -0.2) is 3.63 Å². The SMILES string of the molecule is CCCCOC1CCS(OS(=O)(=O)C(F)(F)C(F)(F)C(F)(F)C(F)(F)F)(c2cccc3ccccc23)C1. The third-order valence-electron chi connectivity index (χ3n) is 5.88. The maximum Gasteiger partial charge on any atom is 0.460 e. The van der Waals surface area contributed by atoms with Gasteiger partial charge in [-0.1, -0.05) is 60.1 Å². The lowest BCUT2D eigenvalue weighted by Gasteiger charge is -2.39. The summed E-state index contributed by atoms with van der Waals surface area (Å²) in [5, 5.41) is -6.10. The van der Waals surface area contributed by atoms with Crippen molar-refractivity contribution in [1.82, 2.24) is 0 Å². The molecule has 1 saturated heterocycles. The second kappa shape index (κ2) is 10.1. The van der Waals surface area contributed by atoms with Gasteiger partial charge in [0.1, 0.15) is 0 Å². The minimum Gasteiger partial charge on any atom is -0.377 e. The van der Waals surface area contributed by atoms with Crippen molar-refractivity contribution in [3.05, 3.63) is 42.5 Å². The first-order valence-corrected chi connectivity index (χ1v) is 14.3. The number of unbranched alkanes of at least 4 members (excludes halogenated alkanes) is 1. The van der Waals surface area contributed by atoms with Crippen LogP contribution in [0.1, 0.15) is 26.2 Å². The first-order valence-electron chi connectivity index (χ1n) is 11.0. The van der Waals surface area contributed by atoms with Crippen molar-refractivity contribution in [2.45, 2.75) is 60.5 Å². The van der Waals surface area contributed by atoms with Crippen molar-refractivity contribution in [1.29, 1.82) is 0 Å². The Morgan fingerprint density at radius 2 is 1.54 bits per heavy atom. The summed E-state index contributed by atoms with van der Waals surface area (Å²) >= 11 is 0. The van der Waals surface area contributed by atoms with E-state index in [2.05, 4.69) is 0 Å². The van der Waals surface area contributed by atoms with Crippen LogP contribution in [0.2, 0.25) is 0 Å². The van der Waals surface area contributed by atoms with Crippen LogP contribution >= 0.6 is 10.3 Å². The van der Waals surface area contributed by atoms with E-state index in [4.69, 9.17) is 8.37 Å². The molecule has 2 aromatic rings. The molecule has 0 bridgehead atoms. The first kappa shape index (κ1) is 29.8. The van der Waals surface area contributed by atoms with Gasteiger partial charge >= 0.3 is 33.4 Å². The maximum absolute atomic E-state index is 14.5. The molecule has 37 heavy (non-hydrogen) atoms. The summed E-state index contributed by atoms with van der Waals surface area (Å²) in [5.74, 6) is -15.4. The van der Waals surface area contributed by atoms with Crippen molar-refractivity contribution in [3.63, 3.8) is 0 Å². The third-order valence-corrected chi connectivity index (χ3v) is 11.5. The Morgan fingerprint density at radius 1 is 0.919 bits per heavy atom. The molecule has 0 N–H and O–H groups in total. The van der Waals surface area contributed by atoms with Crippen LogP contribution in [0, 0.1) is 0 Å². The van der Waals surface area contributed by atoms with Crippen LogP contribution in [0.25, 0.3) is 10.8 Å². The molecular formula is C22H23F9O4S2. The fourth-order valence-corrected chi connectivity index (χ4v) is 9.79. The van der Waals surface area contributed by atoms with Gasteiger partial charge in [0.15, 0.2) is 0 Å². The zero-order chi connectivity index (χ0) is 27.9. The number of hydrogen-bond acceptors (Lipinski definition) is 4. The second-order valence-electron chi connectivity index (χ2n) is 8.48. The largest absolute Gasteiger partial charge is 0.460 e. The van der Waals surface area contributed by atoms with Crippen molar-refractivity contribution in [3.8, 4) is 0 Å². The van der Waals surface area contributed by atoms with Crippen LogP contribution in [0.15, 0.2) is 47.4 Å². The highest BCUT2D eigenvalue weighted by atomic mass is 32.3. The number of hydrogen-bond donors (Lipinski definition) is 0. The highest BCUT2D eigenvalue weighted by molar-refractivity contribution is 8.33. The molecule has 0 saturated carbocycles. The van der Waals surface area contributed by atoms with Crippen LogP contribution in [0.4, 0.5) is 39.5 Å². The number of ether oxygens (including phenoxy) is 1. The average molecular weight is 587 g/mol. The van der Waals surface area contributed by atoms with Crippen LogP contribution in [0.3, 0.4) is 0 Å². The Bertz CT molecular complexity index is 1210. The molecule has 1 aliphatic heterocycles. The molecule has 1 fully saturated rings. The quantitative estimate of drug-likeness (QED) is 0.217. The number of fused-ring (bicyclic) bond motifs is 1. The molecule has 2 atom stereocenters. The van der Waals surface area contributed by atoms with Gasteiger partial charge in [0.05, 0.1) is 6.10 Å². The molecule has 15 heteroatoms. The fourth-order valence-electron chi connectivity index (χ4n) is 3.86. The molecular weight excluding hydrogens is 563 g/mol. The topological polar surface area (TPSA) is 52.6 Å². The van der Waals surface area contributed by atoms with E-state index in [9.17, 15) is 47.9 Å². The number of benzene rings is 2. The van der Waals surface area contributed by atoms with Gasteiger partial charge < -0.3 is 4.74 Å². The smallest absolute Gasteiger partial charge is 0.377 e. The lowest BCUT2D eigenvalue weighted by Crippen LogP contribution is -2.63. The van der Waals surface area contributed by atoms with Gasteiger partial charge in [-0.05, 0) is 29.7 Å². The van der Waals surface area contributed by atoms with Crippen molar-refractivity contribution in [2.75, 3.05) is 18.1 Å². The molecule has 1 aliphatic rings. The zero-order valence-corrected chi connectivity index (χ0v) is 20.8. The Morgan fingerprint density at radius 3 is 2.16 bits per heavy atom. The lowest BCUT2D eigenvalue weighted by atomic mass is 10.1. The Balaban J connectivity index is 2.11. The van der Waals surface area contributed by atoms with E-state index in [-0.39, 0.29) is 29.4 Å². The normalized spacial score (nSPS) is 23.8. The third kappa shape index (κ3) is 5.15. The minimum absolute atomic E-state index is 0.0393. The summed E-state index contributed by atoms with van der Waals surface area (Å²) < 4.78 is 157. The monoisotopic (exact) mass is 586 g/mol. The molecule has 0 spiro atoms. The molecule has 3 rings (SSSR count). The molecule has 0 amide bonds. The van der Waals surface area contributed by atoms with Gasteiger partial charge in [0, 0.05) is 23.0 Å².